The Kier molecular flexibility index (Phi) is 3.87. The second-order valence-corrected chi connectivity index (χ2v) is 8.86. The van der Waals surface area contributed by atoms with Gasteiger partial charge < -0.3 is 14.6 Å². The van der Waals surface area contributed by atoms with Gasteiger partial charge >= 0.3 is 0 Å². The number of carbonyl (C=O) groups excluding carboxylic acids is 1. The zero-order valence-electron chi connectivity index (χ0n) is 15.8. The lowest BCUT2D eigenvalue weighted by molar-refractivity contribution is -0.174. The lowest BCUT2D eigenvalue weighted by atomic mass is 9.61. The topological polar surface area (TPSA) is 45.5 Å². The number of piperidine rings is 2. The van der Waals surface area contributed by atoms with Gasteiger partial charge in [0.25, 0.3) is 0 Å². The third-order valence-electron chi connectivity index (χ3n) is 7.07. The summed E-state index contributed by atoms with van der Waals surface area (Å²) in [5.74, 6) is 0.536. The quantitative estimate of drug-likeness (QED) is 0.893. The number of aromatic nitrogens is 1. The van der Waals surface area contributed by atoms with E-state index >= 15 is 0 Å². The lowest BCUT2D eigenvalue weighted by Crippen LogP contribution is -2.65. The smallest absolute Gasteiger partial charge is 0.223 e. The molecule has 2 unspecified atom stereocenters. The van der Waals surface area contributed by atoms with E-state index < -0.39 is 5.60 Å². The molecule has 2 aliphatic carbocycles. The standard InChI is InChI=1S/C22H27FN2O2/c1-2-24-13-15(21-18(23)4-3-5-19(21)24)6-7-20(26)25-16-8-14-9-17(25)12-22(27,10-14)11-16/h3-5,13-14,16-17,27H,2,6-12H2,1H3. The van der Waals surface area contributed by atoms with Crippen molar-refractivity contribution < 1.29 is 14.3 Å². The molecule has 4 nitrogen and oxygen atoms in total. The van der Waals surface area contributed by atoms with Gasteiger partial charge in [0.15, 0.2) is 0 Å². The maximum Gasteiger partial charge on any atom is 0.223 e. The van der Waals surface area contributed by atoms with Crippen LogP contribution in [0.5, 0.6) is 0 Å². The molecular formula is C22H27FN2O2. The van der Waals surface area contributed by atoms with Crippen molar-refractivity contribution >= 4 is 16.8 Å². The molecule has 1 aromatic heterocycles. The molecule has 6 rings (SSSR count). The number of aryl methyl sites for hydroxylation is 2. The van der Waals surface area contributed by atoms with Gasteiger partial charge in [0.1, 0.15) is 5.82 Å². The van der Waals surface area contributed by atoms with E-state index in [9.17, 15) is 14.3 Å². The number of aliphatic hydroxyl groups is 1. The van der Waals surface area contributed by atoms with Crippen molar-refractivity contribution in [2.24, 2.45) is 5.92 Å². The number of nitrogens with zero attached hydrogens (tertiary/aromatic N) is 2. The number of benzene rings is 1. The predicted octanol–water partition coefficient (Wildman–Crippen LogP) is 3.64. The number of carbonyl (C=O) groups is 1. The number of rotatable bonds is 4. The Hall–Kier alpha value is -1.88. The molecule has 2 aromatic rings. The van der Waals surface area contributed by atoms with Crippen molar-refractivity contribution in [3.63, 3.8) is 0 Å². The first-order valence-corrected chi connectivity index (χ1v) is 10.3. The fraction of sp³-hybridized carbons (Fsp3) is 0.591. The summed E-state index contributed by atoms with van der Waals surface area (Å²) in [5.41, 5.74) is 1.28. The van der Waals surface area contributed by atoms with E-state index in [1.807, 2.05) is 19.2 Å². The predicted molar refractivity (Wildman–Crippen MR) is 102 cm³/mol. The molecule has 2 aliphatic heterocycles. The maximum absolute atomic E-state index is 14.4. The van der Waals surface area contributed by atoms with Crippen molar-refractivity contribution in [2.45, 2.75) is 76.1 Å². The van der Waals surface area contributed by atoms with Crippen LogP contribution in [0.3, 0.4) is 0 Å². The van der Waals surface area contributed by atoms with E-state index in [4.69, 9.17) is 0 Å². The number of amides is 1. The molecule has 1 amide bonds. The molecule has 4 fully saturated rings. The van der Waals surface area contributed by atoms with Crippen LogP contribution in [0, 0.1) is 11.7 Å². The molecule has 3 heterocycles. The maximum atomic E-state index is 14.4. The van der Waals surface area contributed by atoms with Crippen LogP contribution in [-0.2, 0) is 17.8 Å². The van der Waals surface area contributed by atoms with Crippen molar-refractivity contribution in [2.75, 3.05) is 0 Å². The molecule has 1 N–H and O–H groups in total. The van der Waals surface area contributed by atoms with Crippen LogP contribution in [0.25, 0.3) is 10.9 Å². The third kappa shape index (κ3) is 2.70. The van der Waals surface area contributed by atoms with E-state index in [1.54, 1.807) is 6.07 Å². The van der Waals surface area contributed by atoms with Crippen LogP contribution >= 0.6 is 0 Å². The Bertz CT molecular complexity index is 889. The fourth-order valence-electron chi connectivity index (χ4n) is 6.21. The Morgan fingerprint density at radius 2 is 2.00 bits per heavy atom. The van der Waals surface area contributed by atoms with Crippen molar-refractivity contribution in [1.29, 1.82) is 0 Å². The monoisotopic (exact) mass is 370 g/mol. The minimum atomic E-state index is -0.537. The van der Waals surface area contributed by atoms with Gasteiger partial charge in [0, 0.05) is 36.6 Å². The van der Waals surface area contributed by atoms with Gasteiger partial charge in [0.05, 0.1) is 11.1 Å². The SMILES string of the molecule is CCn1cc(CCC(=O)N2C3CC4CC2CC(O)(C4)C3)c2c(F)cccc21. The summed E-state index contributed by atoms with van der Waals surface area (Å²) >= 11 is 0. The van der Waals surface area contributed by atoms with Gasteiger partial charge in [-0.1, -0.05) is 6.07 Å². The second kappa shape index (κ2) is 6.06. The van der Waals surface area contributed by atoms with Crippen LogP contribution in [0.2, 0.25) is 0 Å². The molecule has 144 valence electrons. The van der Waals surface area contributed by atoms with Gasteiger partial charge in [0.2, 0.25) is 5.91 Å². The van der Waals surface area contributed by atoms with E-state index in [0.29, 0.717) is 24.1 Å². The van der Waals surface area contributed by atoms with Crippen LogP contribution in [0.15, 0.2) is 24.4 Å². The largest absolute Gasteiger partial charge is 0.390 e. The molecule has 4 aliphatic rings. The Labute approximate surface area is 159 Å². The van der Waals surface area contributed by atoms with Crippen LogP contribution in [0.4, 0.5) is 4.39 Å². The molecule has 2 saturated carbocycles. The Morgan fingerprint density at radius 3 is 2.67 bits per heavy atom. The van der Waals surface area contributed by atoms with Gasteiger partial charge in [-0.25, -0.2) is 4.39 Å². The molecular weight excluding hydrogens is 343 g/mol. The van der Waals surface area contributed by atoms with Crippen LogP contribution < -0.4 is 0 Å². The summed E-state index contributed by atoms with van der Waals surface area (Å²) in [7, 11) is 0. The number of halogens is 1. The number of hydrogen-bond acceptors (Lipinski definition) is 2. The summed E-state index contributed by atoms with van der Waals surface area (Å²) in [5, 5.41) is 11.4. The molecule has 0 spiro atoms. The van der Waals surface area contributed by atoms with Gasteiger partial charge in [-0.2, -0.15) is 0 Å². The summed E-state index contributed by atoms with van der Waals surface area (Å²) in [6.07, 6.45) is 7.42. The van der Waals surface area contributed by atoms with Crippen LogP contribution in [0.1, 0.15) is 51.0 Å². The Balaban J connectivity index is 1.35. The first kappa shape index (κ1) is 17.2. The zero-order valence-corrected chi connectivity index (χ0v) is 15.8. The first-order chi connectivity index (χ1) is 13.0. The number of fused-ring (bicyclic) bond motifs is 1. The fourth-order valence-corrected chi connectivity index (χ4v) is 6.21. The minimum Gasteiger partial charge on any atom is -0.390 e. The first-order valence-electron chi connectivity index (χ1n) is 10.3. The average Bonchev–Trinajstić information content (AvgIpc) is 2.97. The minimum absolute atomic E-state index is 0.168. The average molecular weight is 370 g/mol. The van der Waals surface area contributed by atoms with Crippen molar-refractivity contribution in [3.8, 4) is 0 Å². The molecule has 2 saturated heterocycles. The van der Waals surface area contributed by atoms with E-state index in [0.717, 1.165) is 49.7 Å². The molecule has 1 aromatic carbocycles. The normalized spacial score (nSPS) is 31.8. The highest BCUT2D eigenvalue weighted by Crippen LogP contribution is 2.51. The summed E-state index contributed by atoms with van der Waals surface area (Å²) in [4.78, 5) is 15.1. The summed E-state index contributed by atoms with van der Waals surface area (Å²) < 4.78 is 16.5. The van der Waals surface area contributed by atoms with E-state index in [-0.39, 0.29) is 23.8 Å². The molecule has 0 radical (unpaired) electrons. The highest BCUT2D eigenvalue weighted by atomic mass is 19.1. The lowest BCUT2D eigenvalue weighted by Gasteiger charge is -2.59. The third-order valence-corrected chi connectivity index (χ3v) is 7.07. The molecule has 2 atom stereocenters. The van der Waals surface area contributed by atoms with Crippen LogP contribution in [-0.4, -0.2) is 38.2 Å². The van der Waals surface area contributed by atoms with Gasteiger partial charge in [-0.3, -0.25) is 4.79 Å². The van der Waals surface area contributed by atoms with Crippen molar-refractivity contribution in [3.05, 3.63) is 35.8 Å². The summed E-state index contributed by atoms with van der Waals surface area (Å²) in [6.45, 7) is 2.83. The number of hydrogen-bond donors (Lipinski definition) is 1. The highest BCUT2D eigenvalue weighted by Gasteiger charge is 2.54. The van der Waals surface area contributed by atoms with Crippen molar-refractivity contribution in [1.82, 2.24) is 9.47 Å². The molecule has 5 heteroatoms. The highest BCUT2D eigenvalue weighted by molar-refractivity contribution is 5.85. The zero-order chi connectivity index (χ0) is 18.8. The Morgan fingerprint density at radius 1 is 1.26 bits per heavy atom. The molecule has 4 bridgehead atoms. The second-order valence-electron chi connectivity index (χ2n) is 8.86. The van der Waals surface area contributed by atoms with E-state index in [1.165, 1.54) is 6.07 Å². The van der Waals surface area contributed by atoms with Gasteiger partial charge in [-0.15, -0.1) is 0 Å². The van der Waals surface area contributed by atoms with E-state index in [2.05, 4.69) is 9.47 Å². The molecule has 27 heavy (non-hydrogen) atoms. The summed E-state index contributed by atoms with van der Waals surface area (Å²) in [6, 6.07) is 5.57. The van der Waals surface area contributed by atoms with Gasteiger partial charge in [-0.05, 0) is 69.1 Å².